The quantitative estimate of drug-likeness (QED) is 0.305. The Hall–Kier alpha value is -5.10. The molecule has 5 aromatic rings. The van der Waals surface area contributed by atoms with Crippen LogP contribution in [-0.4, -0.2) is 50.8 Å². The number of aromatic carboxylic acids is 1. The summed E-state index contributed by atoms with van der Waals surface area (Å²) in [5.41, 5.74) is 3.89. The maximum absolute atomic E-state index is 13.7. The van der Waals surface area contributed by atoms with Crippen molar-refractivity contribution in [1.29, 1.82) is 0 Å². The van der Waals surface area contributed by atoms with Gasteiger partial charge in [0.15, 0.2) is 5.69 Å². The van der Waals surface area contributed by atoms with Crippen molar-refractivity contribution in [2.24, 2.45) is 13.0 Å². The van der Waals surface area contributed by atoms with Crippen LogP contribution in [0.3, 0.4) is 0 Å². The summed E-state index contributed by atoms with van der Waals surface area (Å²) >= 11 is 6.32. The van der Waals surface area contributed by atoms with Crippen molar-refractivity contribution in [3.8, 4) is 28.2 Å². The van der Waals surface area contributed by atoms with Crippen molar-refractivity contribution in [3.63, 3.8) is 0 Å². The van der Waals surface area contributed by atoms with Gasteiger partial charge in [0.2, 0.25) is 5.91 Å². The monoisotopic (exact) mass is 598 g/mol. The number of halogens is 1. The van der Waals surface area contributed by atoms with Crippen LogP contribution < -0.4 is 10.9 Å². The van der Waals surface area contributed by atoms with Crippen molar-refractivity contribution < 1.29 is 14.7 Å². The summed E-state index contributed by atoms with van der Waals surface area (Å²) in [7, 11) is 1.81. The van der Waals surface area contributed by atoms with E-state index in [1.165, 1.54) is 24.9 Å². The molecule has 0 aliphatic carbocycles. The zero-order valence-electron chi connectivity index (χ0n) is 23.3. The summed E-state index contributed by atoms with van der Waals surface area (Å²) in [5.74, 6) is -1.49. The highest BCUT2D eigenvalue weighted by atomic mass is 35.5. The molecule has 218 valence electrons. The van der Waals surface area contributed by atoms with Gasteiger partial charge >= 0.3 is 5.97 Å². The molecule has 2 atom stereocenters. The summed E-state index contributed by atoms with van der Waals surface area (Å²) in [6, 6.07) is 9.80. The lowest BCUT2D eigenvalue weighted by Gasteiger charge is -2.22. The number of hydrogen-bond acceptors (Lipinski definition) is 7. The number of carbonyl (C=O) groups is 2. The second-order valence-corrected chi connectivity index (χ2v) is 10.9. The average molecular weight is 599 g/mol. The van der Waals surface area contributed by atoms with Gasteiger partial charge < -0.3 is 15.0 Å². The number of nitrogens with one attached hydrogen (secondary N) is 1. The smallest absolute Gasteiger partial charge is 0.356 e. The second kappa shape index (κ2) is 11.3. The SMILES string of the molecule is CC1CCCC(n2cnc(-c3cc(Cl)ccc3-n3cnc(C(=O)O)c3)cc2=O)c2cc(ccn2)-c2c(cnn2C)NC1=O. The molecule has 1 aliphatic heterocycles. The van der Waals surface area contributed by atoms with E-state index in [0.29, 0.717) is 52.6 Å². The van der Waals surface area contributed by atoms with E-state index in [-0.39, 0.29) is 23.1 Å². The topological polar surface area (TPSA) is 150 Å². The summed E-state index contributed by atoms with van der Waals surface area (Å²) in [4.78, 5) is 51.2. The second-order valence-electron chi connectivity index (χ2n) is 10.5. The van der Waals surface area contributed by atoms with Crippen LogP contribution in [0, 0.1) is 5.92 Å². The lowest BCUT2D eigenvalue weighted by molar-refractivity contribution is -0.119. The Kier molecular flexibility index (Phi) is 7.36. The molecule has 12 nitrogen and oxygen atoms in total. The molecule has 1 aliphatic rings. The van der Waals surface area contributed by atoms with Gasteiger partial charge in [-0.3, -0.25) is 23.8 Å². The van der Waals surface area contributed by atoms with Gasteiger partial charge in [-0.15, -0.1) is 0 Å². The standard InChI is InChI=1S/C30H27ClN8O4/c1-17-4-3-5-26(22-10-18(8-9-32-22)28-23(36-29(17)41)13-35-37(28)2)39-16-34-21(12-27(39)40)20-11-19(31)6-7-25(20)38-14-24(30(42)43)33-15-38/h6-17,26H,3-5H2,1-2H3,(H,36,41)(H,42,43). The fourth-order valence-corrected chi connectivity index (χ4v) is 5.55. The van der Waals surface area contributed by atoms with Crippen LogP contribution in [0.25, 0.3) is 28.2 Å². The molecule has 0 radical (unpaired) electrons. The number of nitrogens with zero attached hydrogens (tertiary/aromatic N) is 7. The van der Waals surface area contributed by atoms with E-state index in [4.69, 9.17) is 11.6 Å². The summed E-state index contributed by atoms with van der Waals surface area (Å²) in [6.45, 7) is 1.88. The van der Waals surface area contributed by atoms with E-state index in [1.807, 2.05) is 19.1 Å². The molecule has 2 unspecified atom stereocenters. The highest BCUT2D eigenvalue weighted by molar-refractivity contribution is 6.31. The Morgan fingerprint density at radius 1 is 1.07 bits per heavy atom. The lowest BCUT2D eigenvalue weighted by atomic mass is 9.97. The molecule has 2 N–H and O–H groups in total. The van der Waals surface area contributed by atoms with Crippen LogP contribution in [0.2, 0.25) is 5.02 Å². The number of carboxylic acid groups (broad SMARTS) is 1. The molecule has 0 fully saturated rings. The van der Waals surface area contributed by atoms with Crippen LogP contribution in [-0.2, 0) is 11.8 Å². The van der Waals surface area contributed by atoms with E-state index >= 15 is 0 Å². The Morgan fingerprint density at radius 3 is 2.67 bits per heavy atom. The number of aryl methyl sites for hydroxylation is 1. The van der Waals surface area contributed by atoms with Gasteiger partial charge in [0.1, 0.15) is 6.33 Å². The molecule has 5 heterocycles. The fraction of sp³-hybridized carbons (Fsp3) is 0.233. The molecule has 0 spiro atoms. The molecule has 0 saturated heterocycles. The minimum absolute atomic E-state index is 0.0884. The third-order valence-corrected chi connectivity index (χ3v) is 7.88. The van der Waals surface area contributed by atoms with Gasteiger partial charge in [-0.05, 0) is 43.2 Å². The zero-order chi connectivity index (χ0) is 30.2. The molecule has 43 heavy (non-hydrogen) atoms. The largest absolute Gasteiger partial charge is 0.476 e. The molecule has 6 rings (SSSR count). The maximum Gasteiger partial charge on any atom is 0.356 e. The lowest BCUT2D eigenvalue weighted by Crippen LogP contribution is -2.27. The van der Waals surface area contributed by atoms with Gasteiger partial charge in [-0.2, -0.15) is 5.10 Å². The van der Waals surface area contributed by atoms with Crippen molar-refractivity contribution >= 4 is 29.2 Å². The minimum Gasteiger partial charge on any atom is -0.476 e. The Labute approximate surface area is 250 Å². The Morgan fingerprint density at radius 2 is 1.91 bits per heavy atom. The first kappa shape index (κ1) is 28.0. The first-order chi connectivity index (χ1) is 20.7. The van der Waals surface area contributed by atoms with Crippen LogP contribution >= 0.6 is 11.6 Å². The summed E-state index contributed by atoms with van der Waals surface area (Å²) in [5, 5.41) is 17.1. The number of imidazole rings is 1. The molecule has 1 aromatic carbocycles. The number of aromatic nitrogens is 7. The molecule has 1 amide bonds. The van der Waals surface area contributed by atoms with Gasteiger partial charge in [-0.1, -0.05) is 24.9 Å². The number of benzene rings is 1. The van der Waals surface area contributed by atoms with E-state index in [9.17, 15) is 19.5 Å². The Bertz CT molecular complexity index is 1930. The van der Waals surface area contributed by atoms with E-state index in [2.05, 4.69) is 25.4 Å². The fourth-order valence-electron chi connectivity index (χ4n) is 5.38. The van der Waals surface area contributed by atoms with Gasteiger partial charge in [0.25, 0.3) is 5.56 Å². The van der Waals surface area contributed by atoms with Gasteiger partial charge in [0.05, 0.1) is 47.0 Å². The third-order valence-electron chi connectivity index (χ3n) is 7.64. The number of hydrogen-bond donors (Lipinski definition) is 2. The van der Waals surface area contributed by atoms with Crippen LogP contribution in [0.4, 0.5) is 5.69 Å². The van der Waals surface area contributed by atoms with Crippen molar-refractivity contribution in [2.45, 2.75) is 32.2 Å². The predicted octanol–water partition coefficient (Wildman–Crippen LogP) is 4.59. The molecule has 2 bridgehead atoms. The summed E-state index contributed by atoms with van der Waals surface area (Å²) in [6.07, 6.45) is 9.43. The van der Waals surface area contributed by atoms with Gasteiger partial charge in [-0.25, -0.2) is 14.8 Å². The number of carboxylic acids is 1. The predicted molar refractivity (Wildman–Crippen MR) is 159 cm³/mol. The van der Waals surface area contributed by atoms with Crippen molar-refractivity contribution in [3.05, 3.63) is 94.4 Å². The molecule has 0 saturated carbocycles. The average Bonchev–Trinajstić information content (AvgIpc) is 3.62. The molecular formula is C30H27ClN8O4. The molecular weight excluding hydrogens is 572 g/mol. The maximum atomic E-state index is 13.7. The number of pyridine rings is 1. The summed E-state index contributed by atoms with van der Waals surface area (Å²) < 4.78 is 4.81. The minimum atomic E-state index is -1.15. The highest BCUT2D eigenvalue weighted by Crippen LogP contribution is 2.33. The normalized spacial score (nSPS) is 17.0. The van der Waals surface area contributed by atoms with Crippen molar-refractivity contribution in [1.82, 2.24) is 33.9 Å². The number of amides is 1. The first-order valence-electron chi connectivity index (χ1n) is 13.6. The number of anilines is 1. The number of rotatable bonds is 4. The van der Waals surface area contributed by atoms with E-state index in [1.54, 1.807) is 51.5 Å². The van der Waals surface area contributed by atoms with Gasteiger partial charge in [0, 0.05) is 47.6 Å². The van der Waals surface area contributed by atoms with E-state index in [0.717, 1.165) is 11.3 Å². The zero-order valence-corrected chi connectivity index (χ0v) is 24.1. The van der Waals surface area contributed by atoms with Crippen LogP contribution in [0.15, 0.2) is 72.4 Å². The number of carbonyl (C=O) groups excluding carboxylic acids is 1. The first-order valence-corrected chi connectivity index (χ1v) is 14.0. The van der Waals surface area contributed by atoms with E-state index < -0.39 is 12.0 Å². The molecule has 4 aromatic heterocycles. The Balaban J connectivity index is 1.43. The van der Waals surface area contributed by atoms with Crippen molar-refractivity contribution in [2.75, 3.05) is 5.32 Å². The molecule has 13 heteroatoms. The number of fused-ring (bicyclic) bond motifs is 4. The highest BCUT2D eigenvalue weighted by Gasteiger charge is 2.24. The third kappa shape index (κ3) is 5.44. The van der Waals surface area contributed by atoms with Crippen LogP contribution in [0.1, 0.15) is 48.4 Å². The van der Waals surface area contributed by atoms with Crippen LogP contribution in [0.5, 0.6) is 0 Å².